The van der Waals surface area contributed by atoms with Crippen LogP contribution in [-0.2, 0) is 0 Å². The lowest BCUT2D eigenvalue weighted by Crippen LogP contribution is -2.20. The molecule has 31 heavy (non-hydrogen) atoms. The molecule has 0 saturated heterocycles. The van der Waals surface area contributed by atoms with Crippen LogP contribution in [0, 0.1) is 0 Å². The van der Waals surface area contributed by atoms with Gasteiger partial charge in [-0.2, -0.15) is 0 Å². The predicted molar refractivity (Wildman–Crippen MR) is 122 cm³/mol. The van der Waals surface area contributed by atoms with Crippen molar-refractivity contribution in [1.82, 2.24) is 20.3 Å². The molecular formula is C23H23ClFN5O. The van der Waals surface area contributed by atoms with Crippen molar-refractivity contribution < 1.29 is 9.13 Å². The van der Waals surface area contributed by atoms with Crippen LogP contribution in [0.5, 0.6) is 5.75 Å². The van der Waals surface area contributed by atoms with Crippen LogP contribution < -0.4 is 15.4 Å². The van der Waals surface area contributed by atoms with Crippen LogP contribution in [-0.4, -0.2) is 34.6 Å². The van der Waals surface area contributed by atoms with Crippen molar-refractivity contribution in [3.8, 4) is 5.75 Å². The van der Waals surface area contributed by atoms with Crippen LogP contribution in [0.15, 0.2) is 65.9 Å². The number of rotatable bonds is 8. The van der Waals surface area contributed by atoms with E-state index >= 15 is 0 Å². The number of anilines is 2. The maximum atomic E-state index is 14.6. The summed E-state index contributed by atoms with van der Waals surface area (Å²) in [6.45, 7) is 4.18. The lowest BCUT2D eigenvalue weighted by atomic mass is 9.94. The van der Waals surface area contributed by atoms with Crippen LogP contribution in [0.25, 0.3) is 11.0 Å². The minimum atomic E-state index is -0.544. The molecule has 3 aromatic rings. The Balaban J connectivity index is 1.68. The summed E-state index contributed by atoms with van der Waals surface area (Å²) in [5.74, 6) is -0.183. The molecule has 1 unspecified atom stereocenters. The van der Waals surface area contributed by atoms with Crippen molar-refractivity contribution in [2.75, 3.05) is 25.0 Å². The fourth-order valence-corrected chi connectivity index (χ4v) is 3.62. The Morgan fingerprint density at radius 3 is 3.00 bits per heavy atom. The molecule has 0 aromatic carbocycles. The third kappa shape index (κ3) is 5.00. The van der Waals surface area contributed by atoms with Gasteiger partial charge in [-0.05, 0) is 49.4 Å². The topological polar surface area (TPSA) is 72.0 Å². The minimum absolute atomic E-state index is 0.269. The Kier molecular flexibility index (Phi) is 6.74. The van der Waals surface area contributed by atoms with Crippen molar-refractivity contribution in [3.63, 3.8) is 0 Å². The van der Waals surface area contributed by atoms with Crippen molar-refractivity contribution in [1.29, 1.82) is 0 Å². The van der Waals surface area contributed by atoms with E-state index in [-0.39, 0.29) is 5.83 Å². The number of halogens is 2. The summed E-state index contributed by atoms with van der Waals surface area (Å²) in [5.41, 5.74) is 2.61. The van der Waals surface area contributed by atoms with Crippen LogP contribution in [0.4, 0.5) is 15.8 Å². The number of fused-ring (bicyclic) bond motifs is 1. The molecule has 4 rings (SSSR count). The van der Waals surface area contributed by atoms with E-state index in [0.717, 1.165) is 29.9 Å². The molecule has 160 valence electrons. The smallest absolute Gasteiger partial charge is 0.161 e. The van der Waals surface area contributed by atoms with E-state index in [1.54, 1.807) is 24.7 Å². The first kappa shape index (κ1) is 21.2. The molecule has 1 aliphatic carbocycles. The summed E-state index contributed by atoms with van der Waals surface area (Å²) < 4.78 is 20.5. The van der Waals surface area contributed by atoms with E-state index in [1.807, 2.05) is 31.2 Å². The van der Waals surface area contributed by atoms with Crippen LogP contribution >= 0.6 is 11.6 Å². The zero-order chi connectivity index (χ0) is 21.6. The highest BCUT2D eigenvalue weighted by Crippen LogP contribution is 2.38. The number of ether oxygens (including phenoxy) is 1. The number of hydrogen-bond acceptors (Lipinski definition) is 6. The number of nitrogens with one attached hydrogen (secondary N) is 2. The Morgan fingerprint density at radius 2 is 2.13 bits per heavy atom. The highest BCUT2D eigenvalue weighted by molar-refractivity contribution is 6.29. The Labute approximate surface area is 185 Å². The van der Waals surface area contributed by atoms with Gasteiger partial charge >= 0.3 is 0 Å². The molecule has 0 saturated carbocycles. The van der Waals surface area contributed by atoms with E-state index in [9.17, 15) is 4.39 Å². The van der Waals surface area contributed by atoms with Crippen LogP contribution in [0.1, 0.15) is 25.0 Å². The van der Waals surface area contributed by atoms with Gasteiger partial charge in [-0.1, -0.05) is 18.5 Å². The molecule has 0 radical (unpaired) electrons. The zero-order valence-electron chi connectivity index (χ0n) is 17.1. The van der Waals surface area contributed by atoms with Crippen molar-refractivity contribution in [3.05, 3.63) is 71.6 Å². The van der Waals surface area contributed by atoms with Crippen LogP contribution in [0.2, 0.25) is 0 Å². The van der Waals surface area contributed by atoms with Gasteiger partial charge in [0.25, 0.3) is 0 Å². The van der Waals surface area contributed by atoms with Gasteiger partial charge in [0.05, 0.1) is 29.2 Å². The normalized spacial score (nSPS) is 16.0. The molecule has 0 aliphatic heterocycles. The number of aromatic nitrogens is 3. The van der Waals surface area contributed by atoms with Gasteiger partial charge in [0, 0.05) is 29.4 Å². The highest BCUT2D eigenvalue weighted by atomic mass is 35.5. The average molecular weight is 440 g/mol. The molecule has 0 spiro atoms. The Morgan fingerprint density at radius 1 is 1.23 bits per heavy atom. The second-order valence-electron chi connectivity index (χ2n) is 7.09. The largest absolute Gasteiger partial charge is 0.488 e. The second kappa shape index (κ2) is 9.85. The maximum Gasteiger partial charge on any atom is 0.161 e. The van der Waals surface area contributed by atoms with E-state index in [0.29, 0.717) is 35.2 Å². The quantitative estimate of drug-likeness (QED) is 0.469. The molecule has 0 fully saturated rings. The van der Waals surface area contributed by atoms with Gasteiger partial charge in [0.1, 0.15) is 12.4 Å². The van der Waals surface area contributed by atoms with Gasteiger partial charge in [-0.3, -0.25) is 4.98 Å². The summed E-state index contributed by atoms with van der Waals surface area (Å²) in [5, 5.41) is 8.05. The van der Waals surface area contributed by atoms with Crippen LogP contribution in [0.3, 0.4) is 0 Å². The van der Waals surface area contributed by atoms with E-state index in [1.165, 1.54) is 6.08 Å². The van der Waals surface area contributed by atoms with E-state index < -0.39 is 5.92 Å². The number of hydrogen-bond donors (Lipinski definition) is 2. The summed E-state index contributed by atoms with van der Waals surface area (Å²) in [6.07, 6.45) is 8.38. The third-order valence-electron chi connectivity index (χ3n) is 4.96. The maximum absolute atomic E-state index is 14.6. The number of likely N-dealkylation sites (N-methyl/N-ethyl adjacent to an activating group) is 1. The first-order chi connectivity index (χ1) is 15.2. The van der Waals surface area contributed by atoms with E-state index in [4.69, 9.17) is 16.3 Å². The van der Waals surface area contributed by atoms with Gasteiger partial charge in [-0.25, -0.2) is 14.4 Å². The highest BCUT2D eigenvalue weighted by Gasteiger charge is 2.24. The third-order valence-corrected chi connectivity index (χ3v) is 5.24. The lowest BCUT2D eigenvalue weighted by Gasteiger charge is -2.20. The molecule has 0 amide bonds. The first-order valence-corrected chi connectivity index (χ1v) is 10.6. The molecule has 1 atom stereocenters. The lowest BCUT2D eigenvalue weighted by molar-refractivity contribution is 0.316. The fourth-order valence-electron chi connectivity index (χ4n) is 3.40. The molecule has 2 N–H and O–H groups in total. The number of allylic oxidation sites excluding steroid dienone is 4. The zero-order valence-corrected chi connectivity index (χ0v) is 17.9. The fraction of sp³-hybridized carbons (Fsp3) is 0.261. The van der Waals surface area contributed by atoms with E-state index in [2.05, 4.69) is 25.6 Å². The summed E-state index contributed by atoms with van der Waals surface area (Å²) in [7, 11) is 0. The molecule has 8 heteroatoms. The number of pyridine rings is 3. The molecule has 3 heterocycles. The number of nitrogens with zero attached hydrogens (tertiary/aromatic N) is 3. The standard InChI is InChI=1S/C23H23ClFN5O/c1-2-26-10-11-31-22-14-27-9-7-19(22)29-20-13-21(17-12-15(24)5-6-18(17)25)30-23-16(20)4-3-8-28-23/h3-9,13-14,17,26H,2,10-12H2,1H3,(H,27,28,29,30). The molecule has 1 aliphatic rings. The van der Waals surface area contributed by atoms with Gasteiger partial charge < -0.3 is 15.4 Å². The minimum Gasteiger partial charge on any atom is -0.488 e. The molecule has 3 aromatic heterocycles. The first-order valence-electron chi connectivity index (χ1n) is 10.2. The van der Waals surface area contributed by atoms with Gasteiger partial charge in [-0.15, -0.1) is 0 Å². The molecule has 0 bridgehead atoms. The Hall–Kier alpha value is -3.03. The van der Waals surface area contributed by atoms with Crippen molar-refractivity contribution in [2.24, 2.45) is 0 Å². The summed E-state index contributed by atoms with van der Waals surface area (Å²) >= 11 is 6.17. The summed E-state index contributed by atoms with van der Waals surface area (Å²) in [4.78, 5) is 13.2. The van der Waals surface area contributed by atoms with Crippen molar-refractivity contribution in [2.45, 2.75) is 19.3 Å². The van der Waals surface area contributed by atoms with Gasteiger partial charge in [0.2, 0.25) is 0 Å². The summed E-state index contributed by atoms with van der Waals surface area (Å²) in [6, 6.07) is 7.45. The Bertz CT molecular complexity index is 1130. The monoisotopic (exact) mass is 439 g/mol. The van der Waals surface area contributed by atoms with Crippen molar-refractivity contribution >= 4 is 34.0 Å². The SMILES string of the molecule is CCNCCOc1cnccc1Nc1cc(C2CC(Cl)=CC=C2F)nc2ncccc12. The average Bonchev–Trinajstić information content (AvgIpc) is 2.79. The second-order valence-corrected chi connectivity index (χ2v) is 7.58. The molecule has 6 nitrogen and oxygen atoms in total. The van der Waals surface area contributed by atoms with Gasteiger partial charge in [0.15, 0.2) is 11.4 Å². The molecular weight excluding hydrogens is 417 g/mol. The predicted octanol–water partition coefficient (Wildman–Crippen LogP) is 5.22.